The van der Waals surface area contributed by atoms with Crippen LogP contribution in [0.3, 0.4) is 0 Å². The predicted molar refractivity (Wildman–Crippen MR) is 124 cm³/mol. The van der Waals surface area contributed by atoms with Crippen LogP contribution in [0.15, 0.2) is 71.1 Å². The van der Waals surface area contributed by atoms with E-state index in [0.717, 1.165) is 29.4 Å². The van der Waals surface area contributed by atoms with Crippen molar-refractivity contribution in [1.82, 2.24) is 20.0 Å². The molecule has 0 fully saturated rings. The summed E-state index contributed by atoms with van der Waals surface area (Å²) in [6.45, 7) is 2.38. The van der Waals surface area contributed by atoms with E-state index in [1.165, 1.54) is 0 Å². The Morgan fingerprint density at radius 2 is 1.84 bits per heavy atom. The van der Waals surface area contributed by atoms with E-state index in [9.17, 15) is 4.79 Å². The summed E-state index contributed by atoms with van der Waals surface area (Å²) in [6.07, 6.45) is 0.886. The highest BCUT2D eigenvalue weighted by Gasteiger charge is 2.15. The molecule has 166 valence electrons. The Labute approximate surface area is 187 Å². The Bertz CT molecular complexity index is 1160. The van der Waals surface area contributed by atoms with Gasteiger partial charge in [-0.3, -0.25) is 9.48 Å². The fraction of sp³-hybridized carbons (Fsp3) is 0.280. The molecule has 0 aliphatic heterocycles. The van der Waals surface area contributed by atoms with Gasteiger partial charge in [-0.05, 0) is 56.9 Å². The molecule has 32 heavy (non-hydrogen) atoms. The van der Waals surface area contributed by atoms with Gasteiger partial charge in [-0.25, -0.2) is 0 Å². The Morgan fingerprint density at radius 1 is 1.06 bits per heavy atom. The zero-order valence-corrected chi connectivity index (χ0v) is 18.5. The number of fused-ring (bicyclic) bond motifs is 1. The SMILES string of the molecule is CN(C)CCCNC(=O)c1ccc(Cn2nc(OCc3ccccc3)c3ccccc32)o1. The molecule has 7 nitrogen and oxygen atoms in total. The van der Waals surface area contributed by atoms with Crippen LogP contribution in [0.1, 0.15) is 28.3 Å². The lowest BCUT2D eigenvalue weighted by Gasteiger charge is -2.09. The topological polar surface area (TPSA) is 72.5 Å². The summed E-state index contributed by atoms with van der Waals surface area (Å²) < 4.78 is 13.6. The molecule has 2 aromatic heterocycles. The molecule has 4 aromatic rings. The first kappa shape index (κ1) is 21.6. The molecule has 2 heterocycles. The van der Waals surface area contributed by atoms with Crippen LogP contribution in [0.4, 0.5) is 0 Å². The second-order valence-electron chi connectivity index (χ2n) is 7.93. The normalized spacial score (nSPS) is 11.2. The molecule has 0 aliphatic rings. The maximum atomic E-state index is 12.3. The van der Waals surface area contributed by atoms with Gasteiger partial charge in [0.1, 0.15) is 12.4 Å². The average molecular weight is 433 g/mol. The monoisotopic (exact) mass is 432 g/mol. The van der Waals surface area contributed by atoms with Crippen molar-refractivity contribution in [2.24, 2.45) is 0 Å². The minimum atomic E-state index is -0.202. The van der Waals surface area contributed by atoms with Crippen LogP contribution in [0.2, 0.25) is 0 Å². The molecule has 0 saturated heterocycles. The summed E-state index contributed by atoms with van der Waals surface area (Å²) in [5, 5.41) is 8.49. The molecule has 0 unspecified atom stereocenters. The van der Waals surface area contributed by atoms with Gasteiger partial charge < -0.3 is 19.4 Å². The summed E-state index contributed by atoms with van der Waals surface area (Å²) in [6, 6.07) is 21.5. The predicted octanol–water partition coefficient (Wildman–Crippen LogP) is 3.94. The summed E-state index contributed by atoms with van der Waals surface area (Å²) >= 11 is 0. The zero-order valence-electron chi connectivity index (χ0n) is 18.5. The van der Waals surface area contributed by atoms with Crippen LogP contribution in [-0.2, 0) is 13.2 Å². The van der Waals surface area contributed by atoms with Crippen molar-refractivity contribution >= 4 is 16.8 Å². The smallest absolute Gasteiger partial charge is 0.286 e. The van der Waals surface area contributed by atoms with E-state index < -0.39 is 0 Å². The van der Waals surface area contributed by atoms with Crippen molar-refractivity contribution in [2.45, 2.75) is 19.6 Å². The van der Waals surface area contributed by atoms with Crippen molar-refractivity contribution in [2.75, 3.05) is 27.2 Å². The molecule has 0 atom stereocenters. The number of amides is 1. The fourth-order valence-electron chi connectivity index (χ4n) is 3.47. The number of carbonyl (C=O) groups is 1. The number of nitrogens with one attached hydrogen (secondary N) is 1. The first-order valence-electron chi connectivity index (χ1n) is 10.7. The lowest BCUT2D eigenvalue weighted by molar-refractivity contribution is 0.0922. The molecule has 0 aliphatic carbocycles. The number of hydrogen-bond acceptors (Lipinski definition) is 5. The van der Waals surface area contributed by atoms with Crippen LogP contribution < -0.4 is 10.1 Å². The van der Waals surface area contributed by atoms with Crippen LogP contribution in [0.5, 0.6) is 5.88 Å². The lowest BCUT2D eigenvalue weighted by Crippen LogP contribution is -2.26. The summed E-state index contributed by atoms with van der Waals surface area (Å²) in [5.41, 5.74) is 2.03. The maximum Gasteiger partial charge on any atom is 0.286 e. The Balaban J connectivity index is 1.44. The Hall–Kier alpha value is -3.58. The van der Waals surface area contributed by atoms with Gasteiger partial charge in [-0.1, -0.05) is 42.5 Å². The van der Waals surface area contributed by atoms with Gasteiger partial charge in [-0.2, -0.15) is 0 Å². The van der Waals surface area contributed by atoms with E-state index in [-0.39, 0.29) is 5.91 Å². The van der Waals surface area contributed by atoms with E-state index >= 15 is 0 Å². The highest BCUT2D eigenvalue weighted by atomic mass is 16.5. The summed E-state index contributed by atoms with van der Waals surface area (Å²) in [7, 11) is 4.02. The quantitative estimate of drug-likeness (QED) is 0.384. The molecule has 7 heteroatoms. The van der Waals surface area contributed by atoms with E-state index in [2.05, 4.69) is 15.3 Å². The van der Waals surface area contributed by atoms with Gasteiger partial charge in [-0.15, -0.1) is 5.10 Å². The minimum Gasteiger partial charge on any atom is -0.471 e. The van der Waals surface area contributed by atoms with Crippen LogP contribution in [0, 0.1) is 0 Å². The highest BCUT2D eigenvalue weighted by molar-refractivity contribution is 5.91. The molecule has 1 N–H and O–H groups in total. The van der Waals surface area contributed by atoms with Crippen LogP contribution >= 0.6 is 0 Å². The van der Waals surface area contributed by atoms with Gasteiger partial charge in [0.05, 0.1) is 17.4 Å². The molecule has 0 bridgehead atoms. The van der Waals surface area contributed by atoms with Gasteiger partial charge in [0.25, 0.3) is 5.91 Å². The van der Waals surface area contributed by atoms with Crippen LogP contribution in [0.25, 0.3) is 10.9 Å². The minimum absolute atomic E-state index is 0.202. The molecular weight excluding hydrogens is 404 g/mol. The number of para-hydroxylation sites is 1. The number of furan rings is 1. The van der Waals surface area contributed by atoms with Gasteiger partial charge in [0.15, 0.2) is 5.76 Å². The highest BCUT2D eigenvalue weighted by Crippen LogP contribution is 2.26. The number of benzene rings is 2. The lowest BCUT2D eigenvalue weighted by atomic mass is 10.2. The molecule has 0 radical (unpaired) electrons. The van der Waals surface area contributed by atoms with E-state index in [4.69, 9.17) is 9.15 Å². The Kier molecular flexibility index (Phi) is 6.87. The van der Waals surface area contributed by atoms with Crippen molar-refractivity contribution < 1.29 is 13.9 Å². The van der Waals surface area contributed by atoms with Crippen LogP contribution in [-0.4, -0.2) is 47.8 Å². The third kappa shape index (κ3) is 5.36. The van der Waals surface area contributed by atoms with Gasteiger partial charge in [0, 0.05) is 6.54 Å². The fourth-order valence-corrected chi connectivity index (χ4v) is 3.47. The molecule has 4 rings (SSSR count). The molecule has 0 spiro atoms. The third-order valence-electron chi connectivity index (χ3n) is 5.10. The molecule has 2 aromatic carbocycles. The first-order chi connectivity index (χ1) is 15.6. The third-order valence-corrected chi connectivity index (χ3v) is 5.10. The molecule has 0 saturated carbocycles. The molecule has 1 amide bonds. The first-order valence-corrected chi connectivity index (χ1v) is 10.7. The number of carbonyl (C=O) groups excluding carboxylic acids is 1. The van der Waals surface area contributed by atoms with Gasteiger partial charge in [0.2, 0.25) is 5.88 Å². The number of ether oxygens (including phenoxy) is 1. The van der Waals surface area contributed by atoms with Crippen molar-refractivity contribution in [1.29, 1.82) is 0 Å². The van der Waals surface area contributed by atoms with E-state index in [1.54, 1.807) is 6.07 Å². The number of hydrogen-bond donors (Lipinski definition) is 1. The van der Waals surface area contributed by atoms with Crippen molar-refractivity contribution in [3.8, 4) is 5.88 Å². The van der Waals surface area contributed by atoms with E-state index in [0.29, 0.717) is 37.1 Å². The maximum absolute atomic E-state index is 12.3. The number of nitrogens with zero attached hydrogens (tertiary/aromatic N) is 3. The molecular formula is C25H28N4O3. The zero-order chi connectivity index (χ0) is 22.3. The average Bonchev–Trinajstić information content (AvgIpc) is 3.41. The number of aromatic nitrogens is 2. The van der Waals surface area contributed by atoms with E-state index in [1.807, 2.05) is 79.4 Å². The van der Waals surface area contributed by atoms with Gasteiger partial charge >= 0.3 is 0 Å². The number of rotatable bonds is 10. The second-order valence-corrected chi connectivity index (χ2v) is 7.93. The second kappa shape index (κ2) is 10.2. The largest absolute Gasteiger partial charge is 0.471 e. The summed E-state index contributed by atoms with van der Waals surface area (Å²) in [5.74, 6) is 1.34. The Morgan fingerprint density at radius 3 is 2.66 bits per heavy atom. The standard InChI is InChI=1S/C25H28N4O3/c1-28(2)16-8-15-26-24(30)23-14-13-20(32-23)17-29-22-12-7-6-11-21(22)25(27-29)31-18-19-9-4-3-5-10-19/h3-7,9-14H,8,15-18H2,1-2H3,(H,26,30). The summed E-state index contributed by atoms with van der Waals surface area (Å²) in [4.78, 5) is 14.4. The van der Waals surface area contributed by atoms with Crippen molar-refractivity contribution in [3.63, 3.8) is 0 Å². The van der Waals surface area contributed by atoms with Crippen molar-refractivity contribution in [3.05, 3.63) is 83.8 Å².